The fourth-order valence-electron chi connectivity index (χ4n) is 7.36. The van der Waals surface area contributed by atoms with Crippen molar-refractivity contribution in [3.8, 4) is 0 Å². The number of hydrogen-bond donors (Lipinski definition) is 1. The number of para-hydroxylation sites is 1. The van der Waals surface area contributed by atoms with Crippen molar-refractivity contribution in [2.45, 2.75) is 70.0 Å². The van der Waals surface area contributed by atoms with Crippen molar-refractivity contribution in [2.75, 3.05) is 11.4 Å². The van der Waals surface area contributed by atoms with E-state index in [9.17, 15) is 14.4 Å². The lowest BCUT2D eigenvalue weighted by Crippen LogP contribution is -2.53. The van der Waals surface area contributed by atoms with E-state index in [1.165, 1.54) is 5.57 Å². The third-order valence-corrected chi connectivity index (χ3v) is 9.07. The summed E-state index contributed by atoms with van der Waals surface area (Å²) < 4.78 is 0. The molecule has 1 saturated carbocycles. The monoisotopic (exact) mass is 523 g/mol. The Morgan fingerprint density at radius 1 is 0.872 bits per heavy atom. The van der Waals surface area contributed by atoms with Gasteiger partial charge >= 0.3 is 0 Å². The first-order valence-electron chi connectivity index (χ1n) is 14.5. The number of nitrogens with one attached hydrogen (secondary N) is 1. The zero-order valence-electron chi connectivity index (χ0n) is 22.6. The molecule has 0 unspecified atom stereocenters. The summed E-state index contributed by atoms with van der Waals surface area (Å²) in [6.45, 7) is 2.31. The Hall–Kier alpha value is -3.67. The van der Waals surface area contributed by atoms with Crippen LogP contribution in [0.15, 0.2) is 78.4 Å². The quantitative estimate of drug-likeness (QED) is 0.569. The van der Waals surface area contributed by atoms with Crippen molar-refractivity contribution in [3.05, 3.63) is 89.5 Å². The van der Waals surface area contributed by atoms with Gasteiger partial charge in [-0.1, -0.05) is 67.5 Å². The number of nitrogens with zero attached hydrogens (tertiary/aromatic N) is 2. The Labute approximate surface area is 230 Å². The van der Waals surface area contributed by atoms with Crippen molar-refractivity contribution in [2.24, 2.45) is 11.8 Å². The fraction of sp³-hybridized carbons (Fsp3) is 0.424. The maximum atomic E-state index is 14.4. The van der Waals surface area contributed by atoms with E-state index in [0.717, 1.165) is 56.2 Å². The molecule has 2 heterocycles. The summed E-state index contributed by atoms with van der Waals surface area (Å²) in [5.74, 6) is -0.0565. The van der Waals surface area contributed by atoms with E-state index in [0.29, 0.717) is 12.1 Å². The summed E-state index contributed by atoms with van der Waals surface area (Å²) >= 11 is 0. The van der Waals surface area contributed by atoms with Crippen molar-refractivity contribution < 1.29 is 14.4 Å². The van der Waals surface area contributed by atoms with Gasteiger partial charge in [0.15, 0.2) is 0 Å². The number of rotatable bonds is 4. The van der Waals surface area contributed by atoms with Crippen LogP contribution >= 0.6 is 0 Å². The highest BCUT2D eigenvalue weighted by Crippen LogP contribution is 2.51. The van der Waals surface area contributed by atoms with Gasteiger partial charge in [0.1, 0.15) is 0 Å². The highest BCUT2D eigenvalue weighted by molar-refractivity contribution is 5.96. The molecule has 2 fully saturated rings. The zero-order valence-corrected chi connectivity index (χ0v) is 22.6. The largest absolute Gasteiger partial charge is 0.349 e. The molecule has 1 saturated heterocycles. The van der Waals surface area contributed by atoms with Gasteiger partial charge in [-0.2, -0.15) is 0 Å². The van der Waals surface area contributed by atoms with Crippen molar-refractivity contribution in [1.82, 2.24) is 10.2 Å². The lowest BCUT2D eigenvalue weighted by atomic mass is 9.76. The first-order chi connectivity index (χ1) is 19.0. The van der Waals surface area contributed by atoms with Crippen molar-refractivity contribution in [1.29, 1.82) is 0 Å². The molecule has 4 aliphatic rings. The number of carbonyl (C=O) groups is 3. The molecule has 6 nitrogen and oxygen atoms in total. The van der Waals surface area contributed by atoms with Crippen LogP contribution in [0.1, 0.15) is 73.8 Å². The van der Waals surface area contributed by atoms with Gasteiger partial charge in [-0.25, -0.2) is 0 Å². The molecular weight excluding hydrogens is 486 g/mol. The minimum absolute atomic E-state index is 0.0338. The van der Waals surface area contributed by atoms with E-state index in [-0.39, 0.29) is 47.7 Å². The molecule has 2 aliphatic carbocycles. The van der Waals surface area contributed by atoms with Crippen LogP contribution in [0.2, 0.25) is 0 Å². The van der Waals surface area contributed by atoms with Crippen LogP contribution in [0.4, 0.5) is 5.69 Å². The summed E-state index contributed by atoms with van der Waals surface area (Å²) in [7, 11) is 0. The van der Waals surface area contributed by atoms with Gasteiger partial charge in [-0.15, -0.1) is 0 Å². The Morgan fingerprint density at radius 3 is 2.41 bits per heavy atom. The lowest BCUT2D eigenvalue weighted by molar-refractivity contribution is -0.138. The van der Waals surface area contributed by atoms with Crippen LogP contribution in [0.3, 0.4) is 0 Å². The van der Waals surface area contributed by atoms with E-state index in [1.54, 1.807) is 6.92 Å². The first-order valence-corrected chi connectivity index (χ1v) is 14.5. The van der Waals surface area contributed by atoms with Crippen LogP contribution in [-0.2, 0) is 9.59 Å². The number of hydrogen-bond acceptors (Lipinski definition) is 3. The predicted molar refractivity (Wildman–Crippen MR) is 152 cm³/mol. The molecular formula is C33H37N3O3. The number of benzene rings is 2. The molecule has 2 aromatic rings. The fourth-order valence-corrected chi connectivity index (χ4v) is 7.36. The maximum Gasteiger partial charge on any atom is 0.251 e. The molecule has 0 aromatic heterocycles. The van der Waals surface area contributed by atoms with Gasteiger partial charge in [-0.3, -0.25) is 14.4 Å². The Kier molecular flexibility index (Phi) is 7.11. The number of amides is 3. The Bertz CT molecular complexity index is 1320. The normalized spacial score (nSPS) is 27.8. The molecule has 5 atom stereocenters. The second-order valence-electron chi connectivity index (χ2n) is 11.3. The van der Waals surface area contributed by atoms with E-state index < -0.39 is 0 Å². The standard InChI is InChI=1S/C33H37N3O3/c1-22(37)36-29-19-11-9-17-26(29)31-27(30(36)23-12-4-2-5-13-23)20-21-35(31)33(39)25-16-8-10-18-28(25)34-32(38)24-14-6-3-7-15-24/h3-4,6-7,9,11-15,17,19,25,27-28,30-31H,2,5,8,10,16,18,20-21H2,1H3,(H,34,38)/t25-,27-,28+,30+,31+/m0/s1. The van der Waals surface area contributed by atoms with Gasteiger partial charge < -0.3 is 15.1 Å². The minimum atomic E-state index is -0.240. The SMILES string of the molecule is CC(=O)N1c2ccccc2[C@@H]2[C@@H](CCN2C(=O)[C@H]2CCCC[C@H]2NC(=O)c2ccccc2)[C@H]1C1=CCCC=C1. The minimum Gasteiger partial charge on any atom is -0.349 e. The summed E-state index contributed by atoms with van der Waals surface area (Å²) in [4.78, 5) is 44.5. The van der Waals surface area contributed by atoms with Gasteiger partial charge in [0.2, 0.25) is 11.8 Å². The second-order valence-corrected chi connectivity index (χ2v) is 11.3. The Morgan fingerprint density at radius 2 is 1.64 bits per heavy atom. The molecule has 1 N–H and O–H groups in total. The zero-order chi connectivity index (χ0) is 26.9. The molecule has 6 rings (SSSR count). The number of fused-ring (bicyclic) bond motifs is 3. The highest BCUT2D eigenvalue weighted by Gasteiger charge is 2.51. The lowest BCUT2D eigenvalue weighted by Gasteiger charge is -2.47. The molecule has 6 heteroatoms. The Balaban J connectivity index is 1.32. The second kappa shape index (κ2) is 10.8. The first kappa shape index (κ1) is 25.6. The summed E-state index contributed by atoms with van der Waals surface area (Å²) in [5, 5.41) is 3.21. The van der Waals surface area contributed by atoms with Gasteiger partial charge in [0.05, 0.1) is 18.0 Å². The smallest absolute Gasteiger partial charge is 0.251 e. The summed E-state index contributed by atoms with van der Waals surface area (Å²) in [6.07, 6.45) is 13.1. The van der Waals surface area contributed by atoms with Gasteiger partial charge in [0, 0.05) is 36.7 Å². The third kappa shape index (κ3) is 4.70. The molecule has 39 heavy (non-hydrogen) atoms. The molecule has 0 spiro atoms. The van der Waals surface area contributed by atoms with Crippen molar-refractivity contribution in [3.63, 3.8) is 0 Å². The summed E-state index contributed by atoms with van der Waals surface area (Å²) in [6, 6.07) is 17.0. The highest BCUT2D eigenvalue weighted by atomic mass is 16.2. The molecule has 2 aromatic carbocycles. The molecule has 3 amide bonds. The van der Waals surface area contributed by atoms with E-state index in [1.807, 2.05) is 53.4 Å². The average molecular weight is 524 g/mol. The topological polar surface area (TPSA) is 69.7 Å². The van der Waals surface area contributed by atoms with E-state index in [4.69, 9.17) is 0 Å². The van der Waals surface area contributed by atoms with E-state index in [2.05, 4.69) is 34.5 Å². The molecule has 202 valence electrons. The van der Waals surface area contributed by atoms with Gasteiger partial charge in [-0.05, 0) is 61.4 Å². The predicted octanol–water partition coefficient (Wildman–Crippen LogP) is 5.58. The van der Waals surface area contributed by atoms with Crippen LogP contribution in [-0.4, -0.2) is 41.2 Å². The van der Waals surface area contributed by atoms with Crippen LogP contribution < -0.4 is 10.2 Å². The van der Waals surface area contributed by atoms with Crippen molar-refractivity contribution >= 4 is 23.4 Å². The molecule has 0 bridgehead atoms. The van der Waals surface area contributed by atoms with Crippen LogP contribution in [0, 0.1) is 11.8 Å². The van der Waals surface area contributed by atoms with Gasteiger partial charge in [0.25, 0.3) is 5.91 Å². The van der Waals surface area contributed by atoms with E-state index >= 15 is 0 Å². The number of likely N-dealkylation sites (tertiary alicyclic amines) is 1. The number of anilines is 1. The molecule has 0 radical (unpaired) electrons. The molecule has 2 aliphatic heterocycles. The number of carbonyl (C=O) groups excluding carboxylic acids is 3. The number of allylic oxidation sites excluding steroid dienone is 2. The average Bonchev–Trinajstić information content (AvgIpc) is 3.42. The third-order valence-electron chi connectivity index (χ3n) is 9.07. The summed E-state index contributed by atoms with van der Waals surface area (Å²) in [5.41, 5.74) is 3.77. The van der Waals surface area contributed by atoms with Crippen LogP contribution in [0.5, 0.6) is 0 Å². The van der Waals surface area contributed by atoms with Crippen LogP contribution in [0.25, 0.3) is 0 Å². The maximum absolute atomic E-state index is 14.4.